The van der Waals surface area contributed by atoms with Crippen molar-refractivity contribution in [3.8, 4) is 0 Å². The van der Waals surface area contributed by atoms with E-state index >= 15 is 0 Å². The molecule has 0 heterocycles. The fraction of sp³-hybridized carbons (Fsp3) is 0.278. The number of benzene rings is 2. The average Bonchev–Trinajstić information content (AvgIpc) is 2.50. The van der Waals surface area contributed by atoms with Crippen LogP contribution < -0.4 is 4.65 Å². The molecule has 1 unspecified atom stereocenters. The minimum Gasteiger partial charge on any atom is -0.628 e. The molecule has 25 heavy (non-hydrogen) atoms. The van der Waals surface area contributed by atoms with Crippen LogP contribution in [0.1, 0.15) is 27.0 Å². The van der Waals surface area contributed by atoms with Gasteiger partial charge < -0.3 is 15.0 Å². The van der Waals surface area contributed by atoms with Crippen LogP contribution in [0, 0.1) is 5.21 Å². The van der Waals surface area contributed by atoms with Crippen molar-refractivity contribution in [2.75, 3.05) is 26.1 Å². The molecule has 0 aliphatic heterocycles. The third-order valence-electron chi connectivity index (χ3n) is 4.40. The molecule has 2 aromatic carbocycles. The summed E-state index contributed by atoms with van der Waals surface area (Å²) in [5, 5.41) is 23.6. The molecule has 1 N–H and O–H groups in total. The summed E-state index contributed by atoms with van der Waals surface area (Å²) in [6, 6.07) is 10.9. The minimum atomic E-state index is -3.58. The number of carbonyl (C=O) groups excluding carboxylic acids is 1. The van der Waals surface area contributed by atoms with E-state index in [2.05, 4.69) is 0 Å². The first-order chi connectivity index (χ1) is 11.4. The molecule has 0 saturated heterocycles. The molecular formula is C18H19NO5S. The zero-order valence-corrected chi connectivity index (χ0v) is 15.0. The van der Waals surface area contributed by atoms with Gasteiger partial charge >= 0.3 is 0 Å². The summed E-state index contributed by atoms with van der Waals surface area (Å²) < 4.78 is 23.2. The van der Waals surface area contributed by atoms with Crippen molar-refractivity contribution in [1.82, 2.24) is 4.65 Å². The zero-order valence-electron chi connectivity index (χ0n) is 14.2. The van der Waals surface area contributed by atoms with Gasteiger partial charge in [0.25, 0.3) is 0 Å². The molecule has 132 valence electrons. The van der Waals surface area contributed by atoms with Gasteiger partial charge in [-0.3, -0.25) is 4.79 Å². The van der Waals surface area contributed by atoms with Crippen LogP contribution in [-0.4, -0.2) is 45.4 Å². The topological polar surface area (TPSA) is 94.5 Å². The van der Waals surface area contributed by atoms with Gasteiger partial charge in [-0.15, -0.1) is 0 Å². The van der Waals surface area contributed by atoms with Gasteiger partial charge in [0.15, 0.2) is 15.6 Å². The number of nitrogens with zero attached hydrogens (tertiary/aromatic N) is 1. The summed E-state index contributed by atoms with van der Waals surface area (Å²) in [7, 11) is -0.753. The van der Waals surface area contributed by atoms with Crippen molar-refractivity contribution in [3.05, 3.63) is 69.9 Å². The maximum atomic E-state index is 12.8. The molecular weight excluding hydrogens is 342 g/mol. The number of hydrogen-bond donors (Lipinski definition) is 1. The van der Waals surface area contributed by atoms with Crippen molar-refractivity contribution in [2.24, 2.45) is 0 Å². The number of aliphatic hydroxyl groups is 1. The zero-order chi connectivity index (χ0) is 18.6. The fourth-order valence-electron chi connectivity index (χ4n) is 3.27. The number of carbonyl (C=O) groups is 1. The SMILES string of the molecule is C[N+](C)([O-])c1ccc2c(c1)C(O)(CS(C)(=O)=O)c1ccccc1C2=O. The molecule has 3 rings (SSSR count). The lowest BCUT2D eigenvalue weighted by Gasteiger charge is -2.38. The standard InChI is InChI=1S/C18H19NO5S/c1-19(2,22)12-8-9-14-16(10-12)18(21,11-25(3,23)24)15-7-5-4-6-13(15)17(14)20/h4-10,21H,11H2,1-3H3. The molecule has 0 spiro atoms. The summed E-state index contributed by atoms with van der Waals surface area (Å²) in [5.41, 5.74) is -0.698. The summed E-state index contributed by atoms with van der Waals surface area (Å²) in [5.74, 6) is -0.876. The van der Waals surface area contributed by atoms with Gasteiger partial charge in [-0.05, 0) is 6.07 Å². The third kappa shape index (κ3) is 3.00. The molecule has 0 radical (unpaired) electrons. The van der Waals surface area contributed by atoms with Crippen molar-refractivity contribution < 1.29 is 18.3 Å². The van der Waals surface area contributed by atoms with Crippen molar-refractivity contribution in [3.63, 3.8) is 0 Å². The highest BCUT2D eigenvalue weighted by molar-refractivity contribution is 7.90. The van der Waals surface area contributed by atoms with Crippen LogP contribution in [0.15, 0.2) is 42.5 Å². The lowest BCUT2D eigenvalue weighted by Crippen LogP contribution is -2.42. The second-order valence-electron chi connectivity index (χ2n) is 6.89. The number of quaternary nitrogens is 1. The van der Waals surface area contributed by atoms with Gasteiger partial charge in [0.05, 0.1) is 19.8 Å². The largest absolute Gasteiger partial charge is 0.628 e. The Morgan fingerprint density at radius 2 is 1.68 bits per heavy atom. The van der Waals surface area contributed by atoms with Crippen molar-refractivity contribution in [1.29, 1.82) is 0 Å². The smallest absolute Gasteiger partial charge is 0.193 e. The predicted octanol–water partition coefficient (Wildman–Crippen LogP) is 1.58. The molecule has 0 amide bonds. The number of sulfone groups is 1. The Kier molecular flexibility index (Phi) is 3.88. The number of ketones is 1. The number of hydrogen-bond acceptors (Lipinski definition) is 5. The lowest BCUT2D eigenvalue weighted by atomic mass is 9.75. The van der Waals surface area contributed by atoms with Gasteiger partial charge in [0, 0.05) is 40.6 Å². The van der Waals surface area contributed by atoms with E-state index in [4.69, 9.17) is 0 Å². The quantitative estimate of drug-likeness (QED) is 0.661. The van der Waals surface area contributed by atoms with E-state index in [1.807, 2.05) is 0 Å². The Labute approximate surface area is 146 Å². The van der Waals surface area contributed by atoms with Crippen LogP contribution >= 0.6 is 0 Å². The van der Waals surface area contributed by atoms with Crippen LogP contribution in [-0.2, 0) is 15.4 Å². The number of rotatable bonds is 3. The highest BCUT2D eigenvalue weighted by Crippen LogP contribution is 2.42. The Balaban J connectivity index is 2.35. The van der Waals surface area contributed by atoms with E-state index in [-0.39, 0.29) is 28.0 Å². The molecule has 7 heteroatoms. The highest BCUT2D eigenvalue weighted by Gasteiger charge is 2.44. The van der Waals surface area contributed by atoms with E-state index in [0.29, 0.717) is 5.69 Å². The van der Waals surface area contributed by atoms with Crippen LogP contribution in [0.4, 0.5) is 5.69 Å². The summed E-state index contributed by atoms with van der Waals surface area (Å²) in [6.45, 7) is 0. The Bertz CT molecular complexity index is 975. The minimum absolute atomic E-state index is 0.154. The fourth-order valence-corrected chi connectivity index (χ4v) is 4.34. The molecule has 1 aliphatic rings. The third-order valence-corrected chi connectivity index (χ3v) is 5.35. The molecule has 0 fully saturated rings. The number of hydroxylamine groups is 2. The molecule has 0 aromatic heterocycles. The second kappa shape index (κ2) is 5.47. The van der Waals surface area contributed by atoms with Gasteiger partial charge in [-0.1, -0.05) is 24.3 Å². The summed E-state index contributed by atoms with van der Waals surface area (Å²) >= 11 is 0. The first kappa shape index (κ1) is 17.8. The van der Waals surface area contributed by atoms with Crippen LogP contribution in [0.3, 0.4) is 0 Å². The lowest BCUT2D eigenvalue weighted by molar-refractivity contribution is 0.0879. The predicted molar refractivity (Wildman–Crippen MR) is 96.0 cm³/mol. The van der Waals surface area contributed by atoms with Crippen LogP contribution in [0.2, 0.25) is 0 Å². The van der Waals surface area contributed by atoms with Gasteiger partial charge in [0.1, 0.15) is 11.3 Å². The van der Waals surface area contributed by atoms with Crippen molar-refractivity contribution in [2.45, 2.75) is 5.60 Å². The molecule has 1 aliphatic carbocycles. The number of fused-ring (bicyclic) bond motifs is 2. The first-order valence-electron chi connectivity index (χ1n) is 7.68. The molecule has 1 atom stereocenters. The second-order valence-corrected chi connectivity index (χ2v) is 9.03. The van der Waals surface area contributed by atoms with E-state index in [1.54, 1.807) is 24.3 Å². The molecule has 2 aromatic rings. The van der Waals surface area contributed by atoms with Gasteiger partial charge in [0.2, 0.25) is 0 Å². The summed E-state index contributed by atoms with van der Waals surface area (Å²) in [4.78, 5) is 12.8. The van der Waals surface area contributed by atoms with Crippen molar-refractivity contribution >= 4 is 21.3 Å². The highest BCUT2D eigenvalue weighted by atomic mass is 32.2. The Morgan fingerprint density at radius 3 is 2.28 bits per heavy atom. The van der Waals surface area contributed by atoms with E-state index in [0.717, 1.165) is 6.26 Å². The normalized spacial score (nSPS) is 20.1. The van der Waals surface area contributed by atoms with Gasteiger partial charge in [-0.25, -0.2) is 8.42 Å². The van der Waals surface area contributed by atoms with Gasteiger partial charge in [-0.2, -0.15) is 0 Å². The molecule has 0 bridgehead atoms. The molecule has 6 nitrogen and oxygen atoms in total. The molecule has 0 saturated carbocycles. The van der Waals surface area contributed by atoms with E-state index in [1.165, 1.54) is 32.3 Å². The van der Waals surface area contributed by atoms with E-state index < -0.39 is 25.8 Å². The average molecular weight is 361 g/mol. The first-order valence-corrected chi connectivity index (χ1v) is 9.74. The van der Waals surface area contributed by atoms with Crippen LogP contribution in [0.5, 0.6) is 0 Å². The Hall–Kier alpha value is -2.06. The monoisotopic (exact) mass is 361 g/mol. The van der Waals surface area contributed by atoms with E-state index in [9.17, 15) is 23.5 Å². The van der Waals surface area contributed by atoms with Crippen LogP contribution in [0.25, 0.3) is 0 Å². The maximum Gasteiger partial charge on any atom is 0.193 e. The Morgan fingerprint density at radius 1 is 1.08 bits per heavy atom. The maximum absolute atomic E-state index is 12.8. The summed E-state index contributed by atoms with van der Waals surface area (Å²) in [6.07, 6.45) is 1.03.